The number of methoxy groups -OCH3 is 2. The van der Waals surface area contributed by atoms with Crippen molar-refractivity contribution in [2.24, 2.45) is 7.05 Å². The number of rotatable bonds is 4. The Morgan fingerprint density at radius 3 is 2.62 bits per heavy atom. The number of hydrogen-bond donors (Lipinski definition) is 1. The zero-order valence-electron chi connectivity index (χ0n) is 12.7. The van der Waals surface area contributed by atoms with Gasteiger partial charge in [0.15, 0.2) is 0 Å². The summed E-state index contributed by atoms with van der Waals surface area (Å²) in [5, 5.41) is 0. The first-order valence-electron chi connectivity index (χ1n) is 6.37. The first-order chi connectivity index (χ1) is 9.97. The van der Waals surface area contributed by atoms with Gasteiger partial charge in [0.25, 0.3) is 0 Å². The van der Waals surface area contributed by atoms with E-state index in [4.69, 9.17) is 9.47 Å². The summed E-state index contributed by atoms with van der Waals surface area (Å²) in [7, 11) is 4.75. The minimum absolute atomic E-state index is 0.149. The molecule has 7 heteroatoms. The van der Waals surface area contributed by atoms with Crippen LogP contribution in [0.5, 0.6) is 11.9 Å². The van der Waals surface area contributed by atoms with E-state index in [1.54, 1.807) is 17.8 Å². The molecule has 0 spiro atoms. The van der Waals surface area contributed by atoms with Crippen molar-refractivity contribution >= 4 is 11.6 Å². The van der Waals surface area contributed by atoms with Gasteiger partial charge >= 0.3 is 11.7 Å². The Kier molecular flexibility index (Phi) is 4.11. The van der Waals surface area contributed by atoms with E-state index in [9.17, 15) is 4.79 Å². The van der Waals surface area contributed by atoms with Crippen molar-refractivity contribution in [2.45, 2.75) is 13.8 Å². The summed E-state index contributed by atoms with van der Waals surface area (Å²) < 4.78 is 11.8. The molecule has 112 valence electrons. The predicted molar refractivity (Wildman–Crippen MR) is 79.5 cm³/mol. The summed E-state index contributed by atoms with van der Waals surface area (Å²) in [6.45, 7) is 3.76. The third-order valence-electron chi connectivity index (χ3n) is 3.23. The molecule has 0 unspecified atom stereocenters. The van der Waals surface area contributed by atoms with Gasteiger partial charge in [-0.1, -0.05) is 0 Å². The molecule has 0 radical (unpaired) electrons. The summed E-state index contributed by atoms with van der Waals surface area (Å²) >= 11 is 0. The molecule has 0 bridgehead atoms. The van der Waals surface area contributed by atoms with Gasteiger partial charge in [-0.3, -0.25) is 4.57 Å². The summed E-state index contributed by atoms with van der Waals surface area (Å²) in [5.41, 5.74) is 3.08. The van der Waals surface area contributed by atoms with Gasteiger partial charge in [0.05, 0.1) is 25.5 Å². The van der Waals surface area contributed by atoms with Crippen molar-refractivity contribution < 1.29 is 9.47 Å². The molecule has 0 aliphatic rings. The summed E-state index contributed by atoms with van der Waals surface area (Å²) in [6, 6.07) is 0.244. The number of hydrogen-bond acceptors (Lipinski definition) is 5. The topological polar surface area (TPSA) is 82.0 Å². The molecule has 1 N–H and O–H groups in total. The molecule has 21 heavy (non-hydrogen) atoms. The van der Waals surface area contributed by atoms with E-state index in [2.05, 4.69) is 15.0 Å². The second-order valence-corrected chi connectivity index (χ2v) is 4.61. The fourth-order valence-electron chi connectivity index (χ4n) is 2.03. The maximum atomic E-state index is 11.6. The molecule has 0 fully saturated rings. The van der Waals surface area contributed by atoms with Crippen LogP contribution < -0.4 is 15.2 Å². The number of allylic oxidation sites excluding steroid dienone is 1. The van der Waals surface area contributed by atoms with Gasteiger partial charge in [-0.05, 0) is 25.5 Å². The number of nitrogens with one attached hydrogen (secondary N) is 1. The fourth-order valence-corrected chi connectivity index (χ4v) is 2.03. The monoisotopic (exact) mass is 290 g/mol. The van der Waals surface area contributed by atoms with E-state index >= 15 is 0 Å². The molecule has 0 aliphatic carbocycles. The van der Waals surface area contributed by atoms with Crippen LogP contribution in [0.3, 0.4) is 0 Å². The molecule has 2 aromatic rings. The Balaban J connectivity index is 2.51. The first kappa shape index (κ1) is 14.8. The maximum absolute atomic E-state index is 11.6. The standard InChI is InChI=1S/C14H18N4O3/c1-8(6-11-9(2)16-14(19)18(11)3)10-7-15-13(21-5)17-12(10)20-4/h6-7H,1-5H3,(H,16,19)/b8-6+. The van der Waals surface area contributed by atoms with Gasteiger partial charge in [0, 0.05) is 18.9 Å². The number of nitrogens with zero attached hydrogens (tertiary/aromatic N) is 3. The van der Waals surface area contributed by atoms with Crippen LogP contribution in [-0.2, 0) is 7.05 Å². The molecule has 0 aliphatic heterocycles. The SMILES string of the molecule is COc1ncc(/C(C)=C/c2c(C)[nH]c(=O)n2C)c(OC)n1. The van der Waals surface area contributed by atoms with Crippen LogP contribution in [0.4, 0.5) is 0 Å². The lowest BCUT2D eigenvalue weighted by atomic mass is 10.1. The molecular formula is C14H18N4O3. The largest absolute Gasteiger partial charge is 0.480 e. The van der Waals surface area contributed by atoms with Gasteiger partial charge in [-0.2, -0.15) is 4.98 Å². The quantitative estimate of drug-likeness (QED) is 0.920. The molecular weight excluding hydrogens is 272 g/mol. The van der Waals surface area contributed by atoms with Gasteiger partial charge in [0.1, 0.15) is 0 Å². The third kappa shape index (κ3) is 2.81. The van der Waals surface area contributed by atoms with Crippen LogP contribution in [0.2, 0.25) is 0 Å². The van der Waals surface area contributed by atoms with E-state index in [-0.39, 0.29) is 11.7 Å². The van der Waals surface area contributed by atoms with E-state index in [0.717, 1.165) is 22.5 Å². The minimum Gasteiger partial charge on any atom is -0.480 e. The molecule has 0 aromatic carbocycles. The Hall–Kier alpha value is -2.57. The Bertz CT molecular complexity index is 743. The van der Waals surface area contributed by atoms with Gasteiger partial charge in [0.2, 0.25) is 5.88 Å². The smallest absolute Gasteiger partial charge is 0.325 e. The van der Waals surface area contributed by atoms with Crippen LogP contribution in [0.15, 0.2) is 11.0 Å². The molecule has 0 saturated heterocycles. The van der Waals surface area contributed by atoms with Crippen molar-refractivity contribution in [1.29, 1.82) is 0 Å². The summed E-state index contributed by atoms with van der Waals surface area (Å²) in [6.07, 6.45) is 3.53. The van der Waals surface area contributed by atoms with E-state index in [1.807, 2.05) is 19.9 Å². The van der Waals surface area contributed by atoms with Crippen LogP contribution in [0.25, 0.3) is 11.6 Å². The van der Waals surface area contributed by atoms with Crippen molar-refractivity contribution in [3.63, 3.8) is 0 Å². The number of aromatic amines is 1. The van der Waals surface area contributed by atoms with Crippen molar-refractivity contribution in [3.8, 4) is 11.9 Å². The number of ether oxygens (including phenoxy) is 2. The van der Waals surface area contributed by atoms with Crippen molar-refractivity contribution in [2.75, 3.05) is 14.2 Å². The second-order valence-electron chi connectivity index (χ2n) is 4.61. The Morgan fingerprint density at radius 1 is 1.38 bits per heavy atom. The molecule has 0 amide bonds. The molecule has 0 atom stereocenters. The van der Waals surface area contributed by atoms with Crippen LogP contribution >= 0.6 is 0 Å². The van der Waals surface area contributed by atoms with Crippen LogP contribution in [0.1, 0.15) is 23.9 Å². The normalized spacial score (nSPS) is 11.6. The van der Waals surface area contributed by atoms with Crippen molar-refractivity contribution in [1.82, 2.24) is 19.5 Å². The van der Waals surface area contributed by atoms with Crippen LogP contribution in [0, 0.1) is 6.92 Å². The molecule has 7 nitrogen and oxygen atoms in total. The fraction of sp³-hybridized carbons (Fsp3) is 0.357. The number of imidazole rings is 1. The minimum atomic E-state index is -0.149. The highest BCUT2D eigenvalue weighted by Crippen LogP contribution is 2.26. The lowest BCUT2D eigenvalue weighted by Gasteiger charge is -2.09. The predicted octanol–water partition coefficient (Wildman–Crippen LogP) is 1.39. The molecule has 2 aromatic heterocycles. The average Bonchev–Trinajstić information content (AvgIpc) is 2.72. The zero-order valence-corrected chi connectivity index (χ0v) is 12.7. The summed E-state index contributed by atoms with van der Waals surface area (Å²) in [5.74, 6) is 0.425. The highest BCUT2D eigenvalue weighted by Gasteiger charge is 2.12. The number of aryl methyl sites for hydroxylation is 1. The van der Waals surface area contributed by atoms with Gasteiger partial charge < -0.3 is 14.5 Å². The lowest BCUT2D eigenvalue weighted by molar-refractivity contribution is 0.351. The zero-order chi connectivity index (χ0) is 15.6. The number of aromatic nitrogens is 4. The number of H-pyrrole nitrogens is 1. The Morgan fingerprint density at radius 2 is 2.10 bits per heavy atom. The van der Waals surface area contributed by atoms with Crippen molar-refractivity contribution in [3.05, 3.63) is 33.6 Å². The van der Waals surface area contributed by atoms with Gasteiger partial charge in [-0.15, -0.1) is 0 Å². The van der Waals surface area contributed by atoms with E-state index in [1.165, 1.54) is 14.2 Å². The molecule has 0 saturated carbocycles. The highest BCUT2D eigenvalue weighted by atomic mass is 16.5. The second kappa shape index (κ2) is 5.82. The molecule has 2 rings (SSSR count). The van der Waals surface area contributed by atoms with E-state index in [0.29, 0.717) is 5.88 Å². The molecule has 2 heterocycles. The third-order valence-corrected chi connectivity index (χ3v) is 3.23. The van der Waals surface area contributed by atoms with E-state index < -0.39 is 0 Å². The average molecular weight is 290 g/mol. The lowest BCUT2D eigenvalue weighted by Crippen LogP contribution is -2.13. The highest BCUT2D eigenvalue weighted by molar-refractivity contribution is 5.81. The first-order valence-corrected chi connectivity index (χ1v) is 6.37. The maximum Gasteiger partial charge on any atom is 0.325 e. The van der Waals surface area contributed by atoms with Gasteiger partial charge in [-0.25, -0.2) is 9.78 Å². The van der Waals surface area contributed by atoms with Crippen LogP contribution in [-0.4, -0.2) is 33.7 Å². The summed E-state index contributed by atoms with van der Waals surface area (Å²) in [4.78, 5) is 22.6. The Labute approximate surface area is 122 Å².